The Morgan fingerprint density at radius 2 is 2.08 bits per heavy atom. The Hall–Kier alpha value is -2.84. The number of carbonyl (C=O) groups is 1. The van der Waals surface area contributed by atoms with Gasteiger partial charge in [0.15, 0.2) is 0 Å². The summed E-state index contributed by atoms with van der Waals surface area (Å²) in [5.74, 6) is -0.812. The third-order valence-corrected chi connectivity index (χ3v) is 3.98. The fourth-order valence-corrected chi connectivity index (χ4v) is 2.34. The average molecular weight is 358 g/mol. The zero-order valence-electron chi connectivity index (χ0n) is 13.6. The van der Waals surface area contributed by atoms with Crippen LogP contribution >= 0.6 is 11.6 Å². The molecule has 4 nitrogen and oxygen atoms in total. The van der Waals surface area contributed by atoms with E-state index in [1.54, 1.807) is 31.2 Å². The lowest BCUT2D eigenvalue weighted by Crippen LogP contribution is -2.18. The maximum absolute atomic E-state index is 13.1. The number of halogens is 2. The molecule has 2 aromatic rings. The minimum absolute atomic E-state index is 0.0568. The van der Waals surface area contributed by atoms with E-state index in [9.17, 15) is 9.18 Å². The molecule has 2 aromatic carbocycles. The number of nitriles is 1. The highest BCUT2D eigenvalue weighted by Gasteiger charge is 2.11. The monoisotopic (exact) mass is 357 g/mol. The van der Waals surface area contributed by atoms with E-state index >= 15 is 0 Å². The van der Waals surface area contributed by atoms with Crippen LogP contribution in [-0.2, 0) is 11.2 Å². The summed E-state index contributed by atoms with van der Waals surface area (Å²) in [6, 6.07) is 13.3. The molecular weight excluding hydrogens is 341 g/mol. The van der Waals surface area contributed by atoms with Crippen molar-refractivity contribution in [2.24, 2.45) is 0 Å². The molecule has 0 fully saturated rings. The van der Waals surface area contributed by atoms with Crippen molar-refractivity contribution < 1.29 is 9.18 Å². The molecule has 0 spiro atoms. The Balaban J connectivity index is 1.94. The van der Waals surface area contributed by atoms with Gasteiger partial charge in [0.2, 0.25) is 0 Å². The molecule has 25 heavy (non-hydrogen) atoms. The normalized spacial score (nSPS) is 10.9. The Morgan fingerprint density at radius 1 is 1.32 bits per heavy atom. The topological polar surface area (TPSA) is 64.9 Å². The fourth-order valence-electron chi connectivity index (χ4n) is 2.16. The summed E-state index contributed by atoms with van der Waals surface area (Å²) in [4.78, 5) is 12.2. The SMILES string of the molecule is Cc1c(Cl)cccc1NC(=O)/C(C#N)=C\NCCc1cccc(F)c1. The molecule has 0 saturated carbocycles. The van der Waals surface area contributed by atoms with E-state index in [-0.39, 0.29) is 11.4 Å². The molecule has 0 aliphatic heterocycles. The third kappa shape index (κ3) is 5.33. The van der Waals surface area contributed by atoms with Gasteiger partial charge in [0, 0.05) is 23.5 Å². The lowest BCUT2D eigenvalue weighted by Gasteiger charge is -2.09. The van der Waals surface area contributed by atoms with Crippen LogP contribution in [0.2, 0.25) is 5.02 Å². The molecule has 0 aliphatic carbocycles. The number of benzene rings is 2. The molecule has 0 radical (unpaired) electrons. The van der Waals surface area contributed by atoms with Gasteiger partial charge in [-0.15, -0.1) is 0 Å². The lowest BCUT2D eigenvalue weighted by molar-refractivity contribution is -0.112. The number of amides is 1. The summed E-state index contributed by atoms with van der Waals surface area (Å²) in [5.41, 5.74) is 2.06. The van der Waals surface area contributed by atoms with E-state index in [0.717, 1.165) is 11.1 Å². The van der Waals surface area contributed by atoms with Crippen LogP contribution in [0.5, 0.6) is 0 Å². The molecule has 2 rings (SSSR count). The van der Waals surface area contributed by atoms with Gasteiger partial charge < -0.3 is 10.6 Å². The van der Waals surface area contributed by atoms with Crippen molar-refractivity contribution in [3.63, 3.8) is 0 Å². The first kappa shape index (κ1) is 18.5. The molecule has 0 atom stereocenters. The molecular formula is C19H17ClFN3O. The largest absolute Gasteiger partial charge is 0.389 e. The van der Waals surface area contributed by atoms with E-state index < -0.39 is 5.91 Å². The molecule has 6 heteroatoms. The van der Waals surface area contributed by atoms with Crippen LogP contribution in [0.1, 0.15) is 11.1 Å². The smallest absolute Gasteiger partial charge is 0.267 e. The van der Waals surface area contributed by atoms with Crippen LogP contribution in [0.3, 0.4) is 0 Å². The van der Waals surface area contributed by atoms with E-state index in [4.69, 9.17) is 16.9 Å². The zero-order chi connectivity index (χ0) is 18.2. The predicted octanol–water partition coefficient (Wildman–Crippen LogP) is 3.97. The molecule has 0 bridgehead atoms. The van der Waals surface area contributed by atoms with Gasteiger partial charge in [0.1, 0.15) is 17.5 Å². The Morgan fingerprint density at radius 3 is 2.80 bits per heavy atom. The summed E-state index contributed by atoms with van der Waals surface area (Å²) >= 11 is 6.01. The van der Waals surface area contributed by atoms with Crippen molar-refractivity contribution in [1.29, 1.82) is 5.26 Å². The predicted molar refractivity (Wildman–Crippen MR) is 96.6 cm³/mol. The summed E-state index contributed by atoms with van der Waals surface area (Å²) in [7, 11) is 0. The molecule has 0 heterocycles. The van der Waals surface area contributed by atoms with E-state index in [2.05, 4.69) is 10.6 Å². The van der Waals surface area contributed by atoms with E-state index in [1.807, 2.05) is 12.1 Å². The third-order valence-electron chi connectivity index (χ3n) is 3.57. The van der Waals surface area contributed by atoms with Gasteiger partial charge in [-0.1, -0.05) is 29.8 Å². The van der Waals surface area contributed by atoms with Crippen molar-refractivity contribution in [1.82, 2.24) is 5.32 Å². The molecule has 0 aliphatic rings. The minimum atomic E-state index is -0.522. The van der Waals surface area contributed by atoms with Crippen LogP contribution in [0, 0.1) is 24.1 Å². The zero-order valence-corrected chi connectivity index (χ0v) is 14.4. The molecule has 128 valence electrons. The van der Waals surface area contributed by atoms with Gasteiger partial charge in [-0.05, 0) is 48.7 Å². The quantitative estimate of drug-likeness (QED) is 0.467. The Bertz CT molecular complexity index is 843. The molecule has 0 unspecified atom stereocenters. The van der Waals surface area contributed by atoms with E-state index in [0.29, 0.717) is 23.7 Å². The minimum Gasteiger partial charge on any atom is -0.389 e. The highest BCUT2D eigenvalue weighted by Crippen LogP contribution is 2.23. The molecule has 0 saturated heterocycles. The number of nitrogens with one attached hydrogen (secondary N) is 2. The van der Waals surface area contributed by atoms with Crippen LogP contribution in [0.25, 0.3) is 0 Å². The van der Waals surface area contributed by atoms with Crippen molar-refractivity contribution >= 4 is 23.2 Å². The summed E-state index contributed by atoms with van der Waals surface area (Å²) in [5, 5.41) is 15.3. The lowest BCUT2D eigenvalue weighted by atomic mass is 10.1. The summed E-state index contributed by atoms with van der Waals surface area (Å²) < 4.78 is 13.1. The van der Waals surface area contributed by atoms with Crippen molar-refractivity contribution in [3.8, 4) is 6.07 Å². The van der Waals surface area contributed by atoms with Crippen molar-refractivity contribution in [3.05, 3.63) is 76.2 Å². The van der Waals surface area contributed by atoms with Gasteiger partial charge in [0.05, 0.1) is 0 Å². The maximum Gasteiger partial charge on any atom is 0.267 e. The number of nitrogens with zero attached hydrogens (tertiary/aromatic N) is 1. The van der Waals surface area contributed by atoms with E-state index in [1.165, 1.54) is 18.3 Å². The van der Waals surface area contributed by atoms with Gasteiger partial charge in [0.25, 0.3) is 5.91 Å². The van der Waals surface area contributed by atoms with Gasteiger partial charge >= 0.3 is 0 Å². The van der Waals surface area contributed by atoms with Crippen LogP contribution < -0.4 is 10.6 Å². The molecule has 0 aromatic heterocycles. The standard InChI is InChI=1S/C19H17ClFN3O/c1-13-17(20)6-3-7-18(13)24-19(25)15(11-22)12-23-9-8-14-4-2-5-16(21)10-14/h2-7,10,12,23H,8-9H2,1H3,(H,24,25)/b15-12-. The van der Waals surface area contributed by atoms with Crippen LogP contribution in [-0.4, -0.2) is 12.5 Å². The maximum atomic E-state index is 13.1. The highest BCUT2D eigenvalue weighted by atomic mass is 35.5. The average Bonchev–Trinajstić information content (AvgIpc) is 2.59. The Labute approximate surface area is 150 Å². The number of carbonyl (C=O) groups excluding carboxylic acids is 1. The van der Waals surface area contributed by atoms with Crippen LogP contribution in [0.4, 0.5) is 10.1 Å². The molecule has 2 N–H and O–H groups in total. The second kappa shape index (κ2) is 8.86. The summed E-state index contributed by atoms with van der Waals surface area (Å²) in [6.45, 7) is 2.25. The highest BCUT2D eigenvalue weighted by molar-refractivity contribution is 6.31. The van der Waals surface area contributed by atoms with Gasteiger partial charge in [-0.3, -0.25) is 4.79 Å². The van der Waals surface area contributed by atoms with Gasteiger partial charge in [-0.25, -0.2) is 4.39 Å². The second-order valence-corrected chi connectivity index (χ2v) is 5.78. The Kier molecular flexibility index (Phi) is 6.55. The number of hydrogen-bond donors (Lipinski definition) is 2. The number of hydrogen-bond acceptors (Lipinski definition) is 3. The molecule has 1 amide bonds. The second-order valence-electron chi connectivity index (χ2n) is 5.37. The van der Waals surface area contributed by atoms with Gasteiger partial charge in [-0.2, -0.15) is 5.26 Å². The first-order valence-corrected chi connectivity index (χ1v) is 8.03. The summed E-state index contributed by atoms with van der Waals surface area (Å²) in [6.07, 6.45) is 1.93. The first-order chi connectivity index (χ1) is 12.0. The first-order valence-electron chi connectivity index (χ1n) is 7.66. The van der Waals surface area contributed by atoms with Crippen LogP contribution in [0.15, 0.2) is 54.2 Å². The fraction of sp³-hybridized carbons (Fsp3) is 0.158. The number of anilines is 1. The van der Waals surface area contributed by atoms with Crippen molar-refractivity contribution in [2.75, 3.05) is 11.9 Å². The van der Waals surface area contributed by atoms with Crippen molar-refractivity contribution in [2.45, 2.75) is 13.3 Å². The number of rotatable bonds is 6.